The van der Waals surface area contributed by atoms with Gasteiger partial charge in [0.25, 0.3) is 0 Å². The molecule has 136 valence electrons. The Balaban J connectivity index is 1.70. The minimum Gasteiger partial charge on any atom is -0.481 e. The lowest BCUT2D eigenvalue weighted by Gasteiger charge is -2.29. The van der Waals surface area contributed by atoms with E-state index in [2.05, 4.69) is 30.3 Å². The van der Waals surface area contributed by atoms with E-state index in [4.69, 9.17) is 10.2 Å². The number of aliphatic hydroxyl groups excluding tert-OH is 1. The normalized spacial score (nSPS) is 13.3. The molecule has 0 saturated carbocycles. The highest BCUT2D eigenvalue weighted by Crippen LogP contribution is 2.27. The number of hydrogen-bond acceptors (Lipinski definition) is 3. The van der Waals surface area contributed by atoms with Gasteiger partial charge in [0.15, 0.2) is 0 Å². The third-order valence-corrected chi connectivity index (χ3v) is 4.81. The van der Waals surface area contributed by atoms with Gasteiger partial charge >= 0.3 is 5.97 Å². The molecule has 0 fully saturated rings. The molecule has 1 amide bonds. The number of fused-ring (bicyclic) bond motifs is 1. The van der Waals surface area contributed by atoms with Crippen LogP contribution in [0.25, 0.3) is 11.1 Å². The zero-order valence-corrected chi connectivity index (χ0v) is 14.6. The van der Waals surface area contributed by atoms with Gasteiger partial charge in [-0.2, -0.15) is 0 Å². The van der Waals surface area contributed by atoms with Crippen LogP contribution in [0.5, 0.6) is 0 Å². The molecule has 0 atom stereocenters. The summed E-state index contributed by atoms with van der Waals surface area (Å²) in [7, 11) is 0. The molecule has 26 heavy (non-hydrogen) atoms. The van der Waals surface area contributed by atoms with Crippen molar-refractivity contribution in [3.8, 4) is 11.1 Å². The molecule has 0 saturated heterocycles. The first-order valence-corrected chi connectivity index (χ1v) is 8.88. The molecule has 0 radical (unpaired) electrons. The Morgan fingerprint density at radius 2 is 1.69 bits per heavy atom. The molecule has 2 aromatic carbocycles. The Hall–Kier alpha value is -2.66. The van der Waals surface area contributed by atoms with Crippen LogP contribution in [-0.4, -0.2) is 40.1 Å². The lowest BCUT2D eigenvalue weighted by Crippen LogP contribution is -2.36. The fourth-order valence-corrected chi connectivity index (χ4v) is 3.31. The monoisotopic (exact) mass is 353 g/mol. The van der Waals surface area contributed by atoms with Crippen LogP contribution in [0.15, 0.2) is 42.5 Å². The van der Waals surface area contributed by atoms with Crippen molar-refractivity contribution in [2.24, 2.45) is 0 Å². The van der Waals surface area contributed by atoms with Gasteiger partial charge in [0.1, 0.15) is 0 Å². The third-order valence-electron chi connectivity index (χ3n) is 4.81. The van der Waals surface area contributed by atoms with Crippen molar-refractivity contribution in [1.29, 1.82) is 0 Å². The molecular formula is C21H23NO4. The largest absolute Gasteiger partial charge is 0.481 e. The molecule has 2 aromatic rings. The lowest BCUT2D eigenvalue weighted by molar-refractivity contribution is -0.141. The summed E-state index contributed by atoms with van der Waals surface area (Å²) in [4.78, 5) is 24.5. The van der Waals surface area contributed by atoms with Crippen LogP contribution in [0.1, 0.15) is 29.5 Å². The van der Waals surface area contributed by atoms with E-state index in [1.165, 1.54) is 5.56 Å². The summed E-state index contributed by atoms with van der Waals surface area (Å²) in [5, 5.41) is 17.7. The number of rotatable bonds is 6. The van der Waals surface area contributed by atoms with Crippen LogP contribution in [0.4, 0.5) is 0 Å². The van der Waals surface area contributed by atoms with Crippen LogP contribution in [-0.2, 0) is 29.0 Å². The number of benzene rings is 2. The molecule has 0 aliphatic carbocycles. The van der Waals surface area contributed by atoms with E-state index in [0.717, 1.165) is 28.7 Å². The first kappa shape index (κ1) is 18.1. The minimum absolute atomic E-state index is 0.0585. The predicted molar refractivity (Wildman–Crippen MR) is 98.7 cm³/mol. The SMILES string of the molecule is O=C(O)CCC(=O)N1CCc2cc(-c3ccc(CCO)cc3)ccc2C1. The Morgan fingerprint density at radius 1 is 0.962 bits per heavy atom. The number of hydrogen-bond donors (Lipinski definition) is 2. The summed E-state index contributed by atoms with van der Waals surface area (Å²) in [6.07, 6.45) is 1.39. The summed E-state index contributed by atoms with van der Waals surface area (Å²) in [5.41, 5.74) is 5.76. The van der Waals surface area contributed by atoms with Crippen molar-refractivity contribution in [2.75, 3.05) is 13.2 Å². The van der Waals surface area contributed by atoms with Gasteiger partial charge < -0.3 is 15.1 Å². The van der Waals surface area contributed by atoms with Crippen molar-refractivity contribution < 1.29 is 19.8 Å². The second-order valence-electron chi connectivity index (χ2n) is 6.61. The summed E-state index contributed by atoms with van der Waals surface area (Å²) >= 11 is 0. The van der Waals surface area contributed by atoms with E-state index in [1.54, 1.807) is 4.90 Å². The van der Waals surface area contributed by atoms with Gasteiger partial charge in [-0.1, -0.05) is 42.5 Å². The number of aliphatic carboxylic acids is 1. The second kappa shape index (κ2) is 8.15. The fraction of sp³-hybridized carbons (Fsp3) is 0.333. The third kappa shape index (κ3) is 4.29. The van der Waals surface area contributed by atoms with E-state index < -0.39 is 5.97 Å². The Bertz CT molecular complexity index is 798. The first-order chi connectivity index (χ1) is 12.6. The number of amides is 1. The van der Waals surface area contributed by atoms with Gasteiger partial charge in [0, 0.05) is 26.1 Å². The molecule has 0 spiro atoms. The van der Waals surface area contributed by atoms with Crippen LogP contribution < -0.4 is 0 Å². The van der Waals surface area contributed by atoms with Crippen LogP contribution in [0, 0.1) is 0 Å². The zero-order valence-electron chi connectivity index (χ0n) is 14.6. The first-order valence-electron chi connectivity index (χ1n) is 8.88. The van der Waals surface area contributed by atoms with Crippen molar-refractivity contribution >= 4 is 11.9 Å². The van der Waals surface area contributed by atoms with Gasteiger partial charge in [-0.25, -0.2) is 0 Å². The van der Waals surface area contributed by atoms with Crippen LogP contribution >= 0.6 is 0 Å². The summed E-state index contributed by atoms with van der Waals surface area (Å²) in [6.45, 7) is 1.33. The minimum atomic E-state index is -0.939. The topological polar surface area (TPSA) is 77.8 Å². The number of aliphatic hydroxyl groups is 1. The van der Waals surface area contributed by atoms with Crippen LogP contribution in [0.3, 0.4) is 0 Å². The number of carbonyl (C=O) groups is 2. The molecule has 0 aromatic heterocycles. The Kier molecular flexibility index (Phi) is 5.68. The van der Waals surface area contributed by atoms with Crippen molar-refractivity contribution in [3.63, 3.8) is 0 Å². The van der Waals surface area contributed by atoms with Crippen molar-refractivity contribution in [3.05, 3.63) is 59.2 Å². The summed E-state index contributed by atoms with van der Waals surface area (Å²) in [5.74, 6) is -1.04. The van der Waals surface area contributed by atoms with Crippen LogP contribution in [0.2, 0.25) is 0 Å². The molecule has 2 N–H and O–H groups in total. The van der Waals surface area contributed by atoms with Gasteiger partial charge in [0.2, 0.25) is 5.91 Å². The number of carboxylic acid groups (broad SMARTS) is 1. The van der Waals surface area contributed by atoms with Gasteiger partial charge in [-0.05, 0) is 40.7 Å². The van der Waals surface area contributed by atoms with E-state index in [9.17, 15) is 9.59 Å². The molecule has 0 unspecified atom stereocenters. The van der Waals surface area contributed by atoms with Gasteiger partial charge in [-0.3, -0.25) is 9.59 Å². The van der Waals surface area contributed by atoms with E-state index in [0.29, 0.717) is 19.5 Å². The number of carbonyl (C=O) groups excluding carboxylic acids is 1. The van der Waals surface area contributed by atoms with Gasteiger partial charge in [-0.15, -0.1) is 0 Å². The lowest BCUT2D eigenvalue weighted by atomic mass is 9.94. The van der Waals surface area contributed by atoms with E-state index in [-0.39, 0.29) is 25.4 Å². The second-order valence-corrected chi connectivity index (χ2v) is 6.61. The average Bonchev–Trinajstić information content (AvgIpc) is 2.66. The molecule has 5 heteroatoms. The van der Waals surface area contributed by atoms with E-state index in [1.807, 2.05) is 12.1 Å². The molecule has 1 heterocycles. The molecule has 0 bridgehead atoms. The molecule has 3 rings (SSSR count). The molecule has 5 nitrogen and oxygen atoms in total. The average molecular weight is 353 g/mol. The van der Waals surface area contributed by atoms with Crippen molar-refractivity contribution in [1.82, 2.24) is 4.90 Å². The smallest absolute Gasteiger partial charge is 0.303 e. The molecule has 1 aliphatic heterocycles. The summed E-state index contributed by atoms with van der Waals surface area (Å²) in [6, 6.07) is 14.5. The maximum Gasteiger partial charge on any atom is 0.303 e. The molecular weight excluding hydrogens is 330 g/mol. The van der Waals surface area contributed by atoms with Gasteiger partial charge in [0.05, 0.1) is 6.42 Å². The quantitative estimate of drug-likeness (QED) is 0.837. The summed E-state index contributed by atoms with van der Waals surface area (Å²) < 4.78 is 0. The predicted octanol–water partition coefficient (Wildman–Crippen LogP) is 2.64. The number of carboxylic acids is 1. The molecule has 1 aliphatic rings. The van der Waals surface area contributed by atoms with Crippen molar-refractivity contribution in [2.45, 2.75) is 32.2 Å². The standard InChI is InChI=1S/C21H23NO4/c23-12-10-15-1-3-16(4-2-15)17-5-6-19-14-22(11-9-18(19)13-17)20(24)7-8-21(25)26/h1-6,13,23H,7-12,14H2,(H,25,26). The maximum absolute atomic E-state index is 12.1. The Morgan fingerprint density at radius 3 is 2.38 bits per heavy atom. The highest BCUT2D eigenvalue weighted by atomic mass is 16.4. The highest BCUT2D eigenvalue weighted by Gasteiger charge is 2.21. The fourth-order valence-electron chi connectivity index (χ4n) is 3.31. The number of nitrogens with zero attached hydrogens (tertiary/aromatic N) is 1. The maximum atomic E-state index is 12.1. The zero-order chi connectivity index (χ0) is 18.5. The van der Waals surface area contributed by atoms with E-state index >= 15 is 0 Å². The Labute approximate surface area is 152 Å². The highest BCUT2D eigenvalue weighted by molar-refractivity contribution is 5.81.